The van der Waals surface area contributed by atoms with Crippen LogP contribution in [0.3, 0.4) is 0 Å². The molecule has 1 saturated heterocycles. The number of carbonyl (C=O) groups excluding carboxylic acids is 1. The zero-order valence-electron chi connectivity index (χ0n) is 16.0. The highest BCUT2D eigenvalue weighted by atomic mass is 35.5. The third kappa shape index (κ3) is 5.01. The molecule has 0 saturated carbocycles. The van der Waals surface area contributed by atoms with Crippen LogP contribution in [-0.2, 0) is 13.0 Å². The number of carbonyl (C=O) groups is 1. The van der Waals surface area contributed by atoms with Crippen LogP contribution in [0.25, 0.3) is 0 Å². The van der Waals surface area contributed by atoms with E-state index in [0.29, 0.717) is 36.3 Å². The monoisotopic (exact) mass is 412 g/mol. The minimum absolute atomic E-state index is 0.0763. The number of benzene rings is 2. The molecule has 5 nitrogen and oxygen atoms in total. The van der Waals surface area contributed by atoms with Gasteiger partial charge in [-0.25, -0.2) is 9.07 Å². The Kier molecular flexibility index (Phi) is 5.90. The molecule has 0 spiro atoms. The Balaban J connectivity index is 1.31. The molecular weight excluding hydrogens is 391 g/mol. The van der Waals surface area contributed by atoms with Crippen molar-refractivity contribution in [1.29, 1.82) is 0 Å². The van der Waals surface area contributed by atoms with Gasteiger partial charge in [-0.1, -0.05) is 41.1 Å². The first kappa shape index (κ1) is 19.6. The molecule has 1 aliphatic rings. The zero-order chi connectivity index (χ0) is 20.2. The highest BCUT2D eigenvalue weighted by Crippen LogP contribution is 2.23. The fraction of sp³-hybridized carbons (Fsp3) is 0.318. The van der Waals surface area contributed by atoms with Crippen LogP contribution in [0.4, 0.5) is 4.39 Å². The van der Waals surface area contributed by atoms with Gasteiger partial charge in [0.2, 0.25) is 0 Å². The van der Waals surface area contributed by atoms with E-state index in [-0.39, 0.29) is 11.7 Å². The number of rotatable bonds is 5. The van der Waals surface area contributed by atoms with Gasteiger partial charge in [0.15, 0.2) is 5.69 Å². The summed E-state index contributed by atoms with van der Waals surface area (Å²) in [5.41, 5.74) is 2.55. The van der Waals surface area contributed by atoms with Crippen molar-refractivity contribution in [3.05, 3.63) is 82.4 Å². The summed E-state index contributed by atoms with van der Waals surface area (Å²) >= 11 is 5.91. The Morgan fingerprint density at radius 3 is 2.38 bits per heavy atom. The van der Waals surface area contributed by atoms with E-state index in [0.717, 1.165) is 30.4 Å². The van der Waals surface area contributed by atoms with Crippen LogP contribution in [0.2, 0.25) is 5.02 Å². The van der Waals surface area contributed by atoms with Gasteiger partial charge in [-0.15, -0.1) is 5.10 Å². The molecule has 0 aliphatic carbocycles. The fourth-order valence-electron chi connectivity index (χ4n) is 3.71. The number of aromatic nitrogens is 3. The summed E-state index contributed by atoms with van der Waals surface area (Å²) in [5, 5.41) is 8.83. The quantitative estimate of drug-likeness (QED) is 0.630. The van der Waals surface area contributed by atoms with Gasteiger partial charge in [-0.3, -0.25) is 4.79 Å². The molecule has 1 fully saturated rings. The summed E-state index contributed by atoms with van der Waals surface area (Å²) in [5.74, 6) is 0.218. The maximum Gasteiger partial charge on any atom is 0.276 e. The fourth-order valence-corrected chi connectivity index (χ4v) is 3.83. The lowest BCUT2D eigenvalue weighted by Crippen LogP contribution is -2.39. The van der Waals surface area contributed by atoms with E-state index in [1.807, 2.05) is 41.3 Å². The maximum absolute atomic E-state index is 13.0. The molecule has 0 atom stereocenters. The van der Waals surface area contributed by atoms with Crippen molar-refractivity contribution in [1.82, 2.24) is 19.9 Å². The van der Waals surface area contributed by atoms with Crippen molar-refractivity contribution >= 4 is 17.5 Å². The van der Waals surface area contributed by atoms with Crippen molar-refractivity contribution < 1.29 is 9.18 Å². The maximum atomic E-state index is 13.0. The molecule has 150 valence electrons. The molecular formula is C22H22ClFN4O. The molecule has 4 rings (SSSR count). The second kappa shape index (κ2) is 8.74. The van der Waals surface area contributed by atoms with Crippen LogP contribution in [0.1, 0.15) is 34.5 Å². The SMILES string of the molecule is O=C(c1cn(Cc2ccc(Cl)cc2)nn1)N1CCC(Cc2ccc(F)cc2)CC1. The molecule has 1 amide bonds. The Hall–Kier alpha value is -2.73. The smallest absolute Gasteiger partial charge is 0.276 e. The normalized spacial score (nSPS) is 14.9. The minimum Gasteiger partial charge on any atom is -0.337 e. The van der Waals surface area contributed by atoms with Crippen molar-refractivity contribution in [2.24, 2.45) is 5.92 Å². The van der Waals surface area contributed by atoms with Gasteiger partial charge in [-0.2, -0.15) is 0 Å². The third-order valence-corrected chi connectivity index (χ3v) is 5.61. The summed E-state index contributed by atoms with van der Waals surface area (Å²) in [7, 11) is 0. The van der Waals surface area contributed by atoms with Gasteiger partial charge in [0.05, 0.1) is 12.7 Å². The largest absolute Gasteiger partial charge is 0.337 e. The first-order valence-electron chi connectivity index (χ1n) is 9.75. The zero-order valence-corrected chi connectivity index (χ0v) is 16.7. The molecule has 7 heteroatoms. The molecule has 1 aromatic heterocycles. The highest BCUT2D eigenvalue weighted by molar-refractivity contribution is 6.30. The summed E-state index contributed by atoms with van der Waals surface area (Å²) in [6, 6.07) is 14.2. The average Bonchev–Trinajstić information content (AvgIpc) is 3.20. The minimum atomic E-state index is -0.210. The predicted octanol–water partition coefficient (Wildman–Crippen LogP) is 4.21. The van der Waals surface area contributed by atoms with E-state index in [1.165, 1.54) is 12.1 Å². The van der Waals surface area contributed by atoms with E-state index < -0.39 is 0 Å². The lowest BCUT2D eigenvalue weighted by atomic mass is 9.90. The van der Waals surface area contributed by atoms with Crippen molar-refractivity contribution in [2.45, 2.75) is 25.8 Å². The topological polar surface area (TPSA) is 51.0 Å². The van der Waals surface area contributed by atoms with E-state index in [2.05, 4.69) is 10.3 Å². The Labute approximate surface area is 174 Å². The second-order valence-electron chi connectivity index (χ2n) is 7.49. The molecule has 0 bridgehead atoms. The molecule has 3 aromatic rings. The molecule has 1 aliphatic heterocycles. The number of piperidine rings is 1. The van der Waals surface area contributed by atoms with Crippen LogP contribution >= 0.6 is 11.6 Å². The van der Waals surface area contributed by atoms with Crippen LogP contribution in [0, 0.1) is 11.7 Å². The summed E-state index contributed by atoms with van der Waals surface area (Å²) in [6.07, 6.45) is 4.48. The number of amides is 1. The highest BCUT2D eigenvalue weighted by Gasteiger charge is 2.25. The molecule has 0 radical (unpaired) electrons. The Morgan fingerprint density at radius 1 is 1.03 bits per heavy atom. The molecule has 2 aromatic carbocycles. The van der Waals surface area contributed by atoms with Crippen molar-refractivity contribution in [3.63, 3.8) is 0 Å². The van der Waals surface area contributed by atoms with Crippen molar-refractivity contribution in [3.8, 4) is 0 Å². The third-order valence-electron chi connectivity index (χ3n) is 5.35. The number of hydrogen-bond acceptors (Lipinski definition) is 3. The lowest BCUT2D eigenvalue weighted by molar-refractivity contribution is 0.0684. The first-order chi connectivity index (χ1) is 14.1. The van der Waals surface area contributed by atoms with Gasteiger partial charge in [0.1, 0.15) is 5.82 Å². The molecule has 2 heterocycles. The predicted molar refractivity (Wildman–Crippen MR) is 109 cm³/mol. The van der Waals surface area contributed by atoms with Crippen LogP contribution in [-0.4, -0.2) is 38.9 Å². The summed E-state index contributed by atoms with van der Waals surface area (Å²) in [6.45, 7) is 1.95. The van der Waals surface area contributed by atoms with Gasteiger partial charge in [-0.05, 0) is 60.6 Å². The second-order valence-corrected chi connectivity index (χ2v) is 7.93. The van der Waals surface area contributed by atoms with E-state index in [1.54, 1.807) is 10.9 Å². The van der Waals surface area contributed by atoms with Gasteiger partial charge in [0.25, 0.3) is 5.91 Å². The number of hydrogen-bond donors (Lipinski definition) is 0. The average molecular weight is 413 g/mol. The summed E-state index contributed by atoms with van der Waals surface area (Å²) < 4.78 is 14.7. The van der Waals surface area contributed by atoms with E-state index in [9.17, 15) is 9.18 Å². The van der Waals surface area contributed by atoms with E-state index >= 15 is 0 Å². The van der Waals surface area contributed by atoms with Crippen LogP contribution < -0.4 is 0 Å². The van der Waals surface area contributed by atoms with Crippen molar-refractivity contribution in [2.75, 3.05) is 13.1 Å². The van der Waals surface area contributed by atoms with Crippen LogP contribution in [0.15, 0.2) is 54.7 Å². The molecule has 0 N–H and O–H groups in total. The Bertz CT molecular complexity index is 963. The van der Waals surface area contributed by atoms with Gasteiger partial charge >= 0.3 is 0 Å². The van der Waals surface area contributed by atoms with E-state index in [4.69, 9.17) is 11.6 Å². The molecule has 29 heavy (non-hydrogen) atoms. The summed E-state index contributed by atoms with van der Waals surface area (Å²) in [4.78, 5) is 14.6. The van der Waals surface area contributed by atoms with Gasteiger partial charge in [0, 0.05) is 18.1 Å². The number of likely N-dealkylation sites (tertiary alicyclic amines) is 1. The Morgan fingerprint density at radius 2 is 1.69 bits per heavy atom. The molecule has 0 unspecified atom stereocenters. The first-order valence-corrected chi connectivity index (χ1v) is 10.1. The van der Waals surface area contributed by atoms with Gasteiger partial charge < -0.3 is 4.90 Å². The van der Waals surface area contributed by atoms with Crippen LogP contribution in [0.5, 0.6) is 0 Å². The number of halogens is 2. The standard InChI is InChI=1S/C22H22ClFN4O/c23-19-5-1-18(2-6-19)14-28-15-21(25-26-28)22(29)27-11-9-17(10-12-27)13-16-3-7-20(24)8-4-16/h1-8,15,17H,9-14H2. The lowest BCUT2D eigenvalue weighted by Gasteiger charge is -2.31. The number of nitrogens with zero attached hydrogens (tertiary/aromatic N) is 4.